The van der Waals surface area contributed by atoms with Crippen molar-refractivity contribution in [1.29, 1.82) is 0 Å². The molecule has 71 heavy (non-hydrogen) atoms. The Morgan fingerprint density at radius 1 is 0.521 bits per heavy atom. The summed E-state index contributed by atoms with van der Waals surface area (Å²) < 4.78 is 22.5. The lowest BCUT2D eigenvalue weighted by Gasteiger charge is -2.46. The van der Waals surface area contributed by atoms with E-state index in [-0.39, 0.29) is 18.9 Å². The van der Waals surface area contributed by atoms with Crippen molar-refractivity contribution >= 4 is 5.91 Å². The topological polar surface area (TPSA) is 228 Å². The number of ether oxygens (including phenoxy) is 4. The van der Waals surface area contributed by atoms with Crippen LogP contribution in [-0.2, 0) is 23.7 Å². The fraction of sp³-hybridized carbons (Fsp3) is 0.772. The molecule has 0 radical (unpaired) electrons. The Morgan fingerprint density at radius 3 is 1.48 bits per heavy atom. The van der Waals surface area contributed by atoms with E-state index in [1.54, 1.807) is 6.08 Å². The van der Waals surface area contributed by atoms with Gasteiger partial charge in [-0.05, 0) is 57.8 Å². The second kappa shape index (κ2) is 42.8. The van der Waals surface area contributed by atoms with Crippen molar-refractivity contribution in [3.8, 4) is 0 Å². The van der Waals surface area contributed by atoms with E-state index in [0.717, 1.165) is 70.6 Å². The Morgan fingerprint density at radius 2 is 0.972 bits per heavy atom. The number of carbonyl (C=O) groups excluding carboxylic acids is 1. The Balaban J connectivity index is 1.54. The first-order valence-corrected chi connectivity index (χ1v) is 27.7. The van der Waals surface area contributed by atoms with Crippen LogP contribution in [0.2, 0.25) is 0 Å². The van der Waals surface area contributed by atoms with Crippen molar-refractivity contribution in [2.75, 3.05) is 19.8 Å². The number of nitrogens with one attached hydrogen (secondary N) is 1. The average Bonchev–Trinajstić information content (AvgIpc) is 3.37. The Bertz CT molecular complexity index is 1470. The molecule has 2 fully saturated rings. The number of allylic oxidation sites excluding steroid dienone is 11. The highest BCUT2D eigenvalue weighted by molar-refractivity contribution is 5.76. The molecular formula is C57H99NO13. The third kappa shape index (κ3) is 29.2. The number of rotatable bonds is 42. The molecule has 0 aliphatic carbocycles. The molecule has 2 heterocycles. The average molecular weight is 1010 g/mol. The van der Waals surface area contributed by atoms with Gasteiger partial charge in [-0.3, -0.25) is 4.79 Å². The normalized spacial score (nSPS) is 26.3. The second-order valence-electron chi connectivity index (χ2n) is 19.3. The third-order valence-corrected chi connectivity index (χ3v) is 13.1. The van der Waals surface area contributed by atoms with Crippen LogP contribution in [0.5, 0.6) is 0 Å². The number of aliphatic hydroxyl groups excluding tert-OH is 8. The van der Waals surface area contributed by atoms with Gasteiger partial charge in [0, 0.05) is 6.42 Å². The minimum Gasteiger partial charge on any atom is -0.394 e. The zero-order chi connectivity index (χ0) is 51.7. The van der Waals surface area contributed by atoms with E-state index in [2.05, 4.69) is 79.9 Å². The van der Waals surface area contributed by atoms with Crippen molar-refractivity contribution in [1.82, 2.24) is 5.32 Å². The number of amides is 1. The zero-order valence-electron chi connectivity index (χ0n) is 43.7. The van der Waals surface area contributed by atoms with E-state index < -0.39 is 86.8 Å². The summed E-state index contributed by atoms with van der Waals surface area (Å²) >= 11 is 0. The van der Waals surface area contributed by atoms with E-state index in [1.165, 1.54) is 89.9 Å². The molecule has 12 unspecified atom stereocenters. The lowest BCUT2D eigenvalue weighted by molar-refractivity contribution is -0.359. The number of carbonyl (C=O) groups is 1. The fourth-order valence-corrected chi connectivity index (χ4v) is 8.66. The molecule has 0 aromatic heterocycles. The maximum atomic E-state index is 13.1. The molecule has 1 amide bonds. The first kappa shape index (κ1) is 64.5. The number of unbranched alkanes of at least 4 members (excludes halogenated alkanes) is 19. The van der Waals surface area contributed by atoms with Gasteiger partial charge >= 0.3 is 0 Å². The molecule has 14 heteroatoms. The van der Waals surface area contributed by atoms with Crippen LogP contribution < -0.4 is 5.32 Å². The molecular weight excluding hydrogens is 907 g/mol. The summed E-state index contributed by atoms with van der Waals surface area (Å²) in [6.45, 7) is 2.50. The van der Waals surface area contributed by atoms with Crippen LogP contribution in [0.15, 0.2) is 72.9 Å². The SMILES string of the molecule is CC/C=C\C/C=C\C/C=C\C/C=C\C/C=C\CCCCCCCCCCCCCCCCCCCC(=O)NC(COC1OC(CO)C(OC2OC(CO)C(O)C(O)C2O)C(O)C1O)C(O)/C=C/CCCC. The molecule has 0 spiro atoms. The van der Waals surface area contributed by atoms with Gasteiger partial charge in [0.2, 0.25) is 5.91 Å². The quantitative estimate of drug-likeness (QED) is 0.0207. The van der Waals surface area contributed by atoms with Gasteiger partial charge in [0.25, 0.3) is 0 Å². The van der Waals surface area contributed by atoms with Gasteiger partial charge in [-0.1, -0.05) is 196 Å². The van der Waals surface area contributed by atoms with E-state index >= 15 is 0 Å². The molecule has 14 nitrogen and oxygen atoms in total. The molecule has 0 aromatic rings. The zero-order valence-corrected chi connectivity index (χ0v) is 43.7. The van der Waals surface area contributed by atoms with Crippen LogP contribution in [0.25, 0.3) is 0 Å². The van der Waals surface area contributed by atoms with Crippen LogP contribution in [0.1, 0.15) is 187 Å². The van der Waals surface area contributed by atoms with Gasteiger partial charge in [0.1, 0.15) is 48.8 Å². The standard InChI is InChI=1S/C57H99NO13/c1-3-5-7-9-10-11-12-13-14-15-16-17-18-19-20-21-22-23-24-25-26-27-28-29-30-31-32-33-34-35-36-37-39-41-49(62)58-45(46(61)40-38-8-6-4-2)44-68-56-54(67)52(65)55(48(43-60)70-56)71-57-53(66)51(64)50(63)47(42-59)69-57/h5,7,10-11,13-14,16-17,19-20,38,40,45-48,50-57,59-61,63-67H,3-4,6,8-9,12,15,18,21-37,39,41-44H2,1-2H3,(H,58,62)/b7-5-,11-10-,14-13-,17-16-,20-19-,40-38+. The molecule has 2 saturated heterocycles. The minimum atomic E-state index is -1.79. The first-order chi connectivity index (χ1) is 34.6. The van der Waals surface area contributed by atoms with Crippen LogP contribution in [0.4, 0.5) is 0 Å². The molecule has 2 aliphatic heterocycles. The van der Waals surface area contributed by atoms with Gasteiger partial charge in [-0.25, -0.2) is 0 Å². The van der Waals surface area contributed by atoms with Crippen molar-refractivity contribution in [3.05, 3.63) is 72.9 Å². The summed E-state index contributed by atoms with van der Waals surface area (Å²) in [5.74, 6) is -0.251. The van der Waals surface area contributed by atoms with Crippen LogP contribution >= 0.6 is 0 Å². The van der Waals surface area contributed by atoms with E-state index in [9.17, 15) is 45.6 Å². The van der Waals surface area contributed by atoms with Crippen LogP contribution in [0, 0.1) is 0 Å². The van der Waals surface area contributed by atoms with Gasteiger partial charge in [-0.15, -0.1) is 0 Å². The van der Waals surface area contributed by atoms with Crippen molar-refractivity contribution in [3.63, 3.8) is 0 Å². The van der Waals surface area contributed by atoms with E-state index in [0.29, 0.717) is 6.42 Å². The van der Waals surface area contributed by atoms with E-state index in [1.807, 2.05) is 6.08 Å². The lowest BCUT2D eigenvalue weighted by Crippen LogP contribution is -2.65. The van der Waals surface area contributed by atoms with E-state index in [4.69, 9.17) is 18.9 Å². The third-order valence-electron chi connectivity index (χ3n) is 13.1. The van der Waals surface area contributed by atoms with Crippen LogP contribution in [0.3, 0.4) is 0 Å². The summed E-state index contributed by atoms with van der Waals surface area (Å²) in [4.78, 5) is 13.1. The predicted molar refractivity (Wildman–Crippen MR) is 281 cm³/mol. The molecule has 2 rings (SSSR count). The maximum Gasteiger partial charge on any atom is 0.220 e. The van der Waals surface area contributed by atoms with Crippen LogP contribution in [-0.4, -0.2) is 140 Å². The first-order valence-electron chi connectivity index (χ1n) is 27.7. The summed E-state index contributed by atoms with van der Waals surface area (Å²) in [6.07, 6.45) is 39.1. The number of hydrogen-bond donors (Lipinski definition) is 9. The number of aliphatic hydroxyl groups is 8. The molecule has 0 bridgehead atoms. The Labute approximate surface area is 428 Å². The number of hydrogen-bond acceptors (Lipinski definition) is 13. The molecule has 2 aliphatic rings. The second-order valence-corrected chi connectivity index (χ2v) is 19.3. The lowest BCUT2D eigenvalue weighted by atomic mass is 9.97. The summed E-state index contributed by atoms with van der Waals surface area (Å²) in [7, 11) is 0. The molecule has 410 valence electrons. The largest absolute Gasteiger partial charge is 0.394 e. The summed E-state index contributed by atoms with van der Waals surface area (Å²) in [5.41, 5.74) is 0. The molecule has 12 atom stereocenters. The van der Waals surface area contributed by atoms with Crippen molar-refractivity contribution in [2.45, 2.75) is 261 Å². The molecule has 0 saturated carbocycles. The van der Waals surface area contributed by atoms with Crippen molar-refractivity contribution < 1.29 is 64.6 Å². The summed E-state index contributed by atoms with van der Waals surface area (Å²) in [5, 5.41) is 86.1. The van der Waals surface area contributed by atoms with Gasteiger partial charge in [0.15, 0.2) is 12.6 Å². The highest BCUT2D eigenvalue weighted by Gasteiger charge is 2.51. The molecule has 0 aromatic carbocycles. The smallest absolute Gasteiger partial charge is 0.220 e. The fourth-order valence-electron chi connectivity index (χ4n) is 8.66. The predicted octanol–water partition coefficient (Wildman–Crippen LogP) is 8.38. The Hall–Kier alpha value is -2.57. The monoisotopic (exact) mass is 1010 g/mol. The van der Waals surface area contributed by atoms with Gasteiger partial charge in [-0.2, -0.15) is 0 Å². The maximum absolute atomic E-state index is 13.1. The summed E-state index contributed by atoms with van der Waals surface area (Å²) in [6, 6.07) is -0.912. The highest BCUT2D eigenvalue weighted by atomic mass is 16.7. The van der Waals surface area contributed by atoms with Gasteiger partial charge in [0.05, 0.1) is 32.0 Å². The van der Waals surface area contributed by atoms with Gasteiger partial charge < -0.3 is 65.1 Å². The molecule has 9 N–H and O–H groups in total. The highest BCUT2D eigenvalue weighted by Crippen LogP contribution is 2.30. The van der Waals surface area contributed by atoms with Crippen molar-refractivity contribution in [2.24, 2.45) is 0 Å². The minimum absolute atomic E-state index is 0.251. The Kier molecular flexibility index (Phi) is 38.9.